The molecule has 0 N–H and O–H groups in total. The Morgan fingerprint density at radius 2 is 1.72 bits per heavy atom. The minimum atomic E-state index is -3.25. The molecule has 0 radical (unpaired) electrons. The molecule has 0 aromatic heterocycles. The Labute approximate surface area is 170 Å². The number of sulfonamides is 1. The second-order valence-electron chi connectivity index (χ2n) is 6.94. The van der Waals surface area contributed by atoms with Crippen LogP contribution in [0.3, 0.4) is 0 Å². The number of nitrogens with zero attached hydrogens (tertiary/aromatic N) is 4. The largest absolute Gasteiger partial charge is 0.497 e. The maximum atomic E-state index is 12.9. The van der Waals surface area contributed by atoms with Gasteiger partial charge in [-0.2, -0.15) is 4.31 Å². The second kappa shape index (κ2) is 8.46. The van der Waals surface area contributed by atoms with E-state index in [-0.39, 0.29) is 31.6 Å². The summed E-state index contributed by atoms with van der Waals surface area (Å²) in [5.41, 5.74) is 0.591. The average molecular weight is 426 g/mol. The first-order valence-electron chi connectivity index (χ1n) is 9.26. The number of amides is 3. The Kier molecular flexibility index (Phi) is 6.18. The first-order chi connectivity index (χ1) is 13.7. The quantitative estimate of drug-likeness (QED) is 0.637. The average Bonchev–Trinajstić information content (AvgIpc) is 3.07. The monoisotopic (exact) mass is 426 g/mol. The molecule has 2 aliphatic rings. The number of ether oxygens (including phenoxy) is 2. The molecule has 11 heteroatoms. The molecule has 29 heavy (non-hydrogen) atoms. The fourth-order valence-electron chi connectivity index (χ4n) is 3.49. The maximum absolute atomic E-state index is 12.9. The van der Waals surface area contributed by atoms with E-state index in [1.807, 2.05) is 0 Å². The molecular formula is C18H26N4O6S. The molecule has 1 aromatic rings. The van der Waals surface area contributed by atoms with Gasteiger partial charge in [0.2, 0.25) is 15.9 Å². The molecule has 2 aliphatic heterocycles. The Hall–Kier alpha value is -2.53. The van der Waals surface area contributed by atoms with Gasteiger partial charge in [-0.3, -0.25) is 9.69 Å². The van der Waals surface area contributed by atoms with Gasteiger partial charge in [-0.05, 0) is 12.1 Å². The lowest BCUT2D eigenvalue weighted by atomic mass is 10.2. The topological polar surface area (TPSA) is 99.7 Å². The van der Waals surface area contributed by atoms with Crippen molar-refractivity contribution in [1.82, 2.24) is 14.1 Å². The van der Waals surface area contributed by atoms with Crippen LogP contribution in [0, 0.1) is 0 Å². The van der Waals surface area contributed by atoms with E-state index in [2.05, 4.69) is 0 Å². The van der Waals surface area contributed by atoms with Crippen LogP contribution in [0.1, 0.15) is 0 Å². The molecule has 0 unspecified atom stereocenters. The predicted octanol–water partition coefficient (Wildman–Crippen LogP) is 0.0496. The van der Waals surface area contributed by atoms with Crippen molar-refractivity contribution in [3.05, 3.63) is 18.2 Å². The van der Waals surface area contributed by atoms with E-state index in [1.165, 1.54) is 16.3 Å². The number of methoxy groups -OCH3 is 2. The third kappa shape index (κ3) is 4.56. The van der Waals surface area contributed by atoms with Crippen LogP contribution in [0.2, 0.25) is 0 Å². The van der Waals surface area contributed by atoms with E-state index in [9.17, 15) is 18.0 Å². The van der Waals surface area contributed by atoms with Gasteiger partial charge in [0, 0.05) is 45.3 Å². The molecule has 0 aliphatic carbocycles. The molecule has 0 spiro atoms. The molecule has 2 saturated heterocycles. The van der Waals surface area contributed by atoms with Crippen molar-refractivity contribution in [2.24, 2.45) is 0 Å². The van der Waals surface area contributed by atoms with Gasteiger partial charge in [-0.1, -0.05) is 0 Å². The van der Waals surface area contributed by atoms with Crippen LogP contribution in [0.25, 0.3) is 0 Å². The Morgan fingerprint density at radius 1 is 1.03 bits per heavy atom. The van der Waals surface area contributed by atoms with Crippen molar-refractivity contribution in [2.75, 3.05) is 71.2 Å². The molecule has 160 valence electrons. The van der Waals surface area contributed by atoms with Gasteiger partial charge >= 0.3 is 6.03 Å². The zero-order valence-corrected chi connectivity index (χ0v) is 17.6. The van der Waals surface area contributed by atoms with Crippen molar-refractivity contribution < 1.29 is 27.5 Å². The summed E-state index contributed by atoms with van der Waals surface area (Å²) in [7, 11) is -0.176. The lowest BCUT2D eigenvalue weighted by molar-refractivity contribution is -0.132. The molecule has 2 heterocycles. The van der Waals surface area contributed by atoms with E-state index in [1.54, 1.807) is 35.1 Å². The summed E-state index contributed by atoms with van der Waals surface area (Å²) in [6.07, 6.45) is 1.16. The van der Waals surface area contributed by atoms with E-state index >= 15 is 0 Å². The smallest absolute Gasteiger partial charge is 0.325 e. The lowest BCUT2D eigenvalue weighted by Gasteiger charge is -2.34. The highest BCUT2D eigenvalue weighted by Crippen LogP contribution is 2.34. The van der Waals surface area contributed by atoms with E-state index in [4.69, 9.17) is 9.47 Å². The van der Waals surface area contributed by atoms with Gasteiger partial charge in [0.25, 0.3) is 0 Å². The van der Waals surface area contributed by atoms with Gasteiger partial charge in [-0.25, -0.2) is 13.2 Å². The number of urea groups is 1. The Balaban J connectivity index is 1.63. The van der Waals surface area contributed by atoms with Crippen molar-refractivity contribution in [2.45, 2.75) is 0 Å². The third-order valence-electron chi connectivity index (χ3n) is 5.16. The number of carbonyl (C=O) groups is 2. The van der Waals surface area contributed by atoms with Gasteiger partial charge in [-0.15, -0.1) is 0 Å². The molecule has 2 fully saturated rings. The summed E-state index contributed by atoms with van der Waals surface area (Å²) in [4.78, 5) is 30.2. The lowest BCUT2D eigenvalue weighted by Crippen LogP contribution is -2.52. The van der Waals surface area contributed by atoms with E-state index in [0.717, 1.165) is 6.26 Å². The molecule has 10 nitrogen and oxygen atoms in total. The molecule has 3 rings (SSSR count). The highest BCUT2D eigenvalue weighted by Gasteiger charge is 2.34. The van der Waals surface area contributed by atoms with Crippen LogP contribution in [0.15, 0.2) is 18.2 Å². The van der Waals surface area contributed by atoms with Crippen molar-refractivity contribution in [3.8, 4) is 11.5 Å². The minimum absolute atomic E-state index is 0.0412. The number of piperazine rings is 1. The number of carbonyl (C=O) groups excluding carboxylic acids is 2. The standard InChI is InChI=1S/C18H26N4O6S/c1-27-14-4-5-16(28-2)15(12-14)22-11-8-20(18(22)24)13-17(23)19-6-9-21(10-7-19)29(3,25)26/h4-5,12H,6-11,13H2,1-3H3. The number of hydrogen-bond acceptors (Lipinski definition) is 6. The number of benzene rings is 1. The highest BCUT2D eigenvalue weighted by molar-refractivity contribution is 7.88. The zero-order valence-electron chi connectivity index (χ0n) is 16.8. The minimum Gasteiger partial charge on any atom is -0.497 e. The fraction of sp³-hybridized carbons (Fsp3) is 0.556. The number of anilines is 1. The second-order valence-corrected chi connectivity index (χ2v) is 8.92. The fourth-order valence-corrected chi connectivity index (χ4v) is 4.32. The van der Waals surface area contributed by atoms with Crippen molar-refractivity contribution in [1.29, 1.82) is 0 Å². The summed E-state index contributed by atoms with van der Waals surface area (Å²) >= 11 is 0. The van der Waals surface area contributed by atoms with Crippen LogP contribution in [-0.4, -0.2) is 101 Å². The van der Waals surface area contributed by atoms with Gasteiger partial charge in [0.1, 0.15) is 18.0 Å². The highest BCUT2D eigenvalue weighted by atomic mass is 32.2. The van der Waals surface area contributed by atoms with Crippen molar-refractivity contribution in [3.63, 3.8) is 0 Å². The summed E-state index contributed by atoms with van der Waals surface area (Å²) in [6.45, 7) is 1.98. The molecular weight excluding hydrogens is 400 g/mol. The summed E-state index contributed by atoms with van der Waals surface area (Å²) in [6, 6.07) is 4.93. The Morgan fingerprint density at radius 3 is 2.31 bits per heavy atom. The first kappa shape index (κ1) is 21.2. The molecule has 0 atom stereocenters. The van der Waals surface area contributed by atoms with Crippen LogP contribution >= 0.6 is 0 Å². The molecule has 3 amide bonds. The van der Waals surface area contributed by atoms with Crippen LogP contribution in [0.5, 0.6) is 11.5 Å². The molecule has 1 aromatic carbocycles. The van der Waals surface area contributed by atoms with Crippen molar-refractivity contribution >= 4 is 27.6 Å². The SMILES string of the molecule is COc1ccc(OC)c(N2CCN(CC(=O)N3CCN(S(C)(=O)=O)CC3)C2=O)c1. The van der Waals surface area contributed by atoms with Crippen LogP contribution < -0.4 is 14.4 Å². The first-order valence-corrected chi connectivity index (χ1v) is 11.1. The van der Waals surface area contributed by atoms with Gasteiger partial charge in [0.15, 0.2) is 0 Å². The van der Waals surface area contributed by atoms with Crippen LogP contribution in [0.4, 0.5) is 10.5 Å². The zero-order chi connectivity index (χ0) is 21.2. The van der Waals surface area contributed by atoms with Crippen LogP contribution in [-0.2, 0) is 14.8 Å². The molecule has 0 saturated carbocycles. The van der Waals surface area contributed by atoms with E-state index < -0.39 is 10.0 Å². The van der Waals surface area contributed by atoms with Gasteiger partial charge in [0.05, 0.1) is 26.2 Å². The molecule has 0 bridgehead atoms. The summed E-state index contributed by atoms with van der Waals surface area (Å²) in [5, 5.41) is 0. The normalized spacial score (nSPS) is 18.3. The number of rotatable bonds is 6. The maximum Gasteiger partial charge on any atom is 0.325 e. The Bertz CT molecular complexity index is 882. The van der Waals surface area contributed by atoms with Gasteiger partial charge < -0.3 is 19.3 Å². The third-order valence-corrected chi connectivity index (χ3v) is 6.46. The predicted molar refractivity (Wildman–Crippen MR) is 107 cm³/mol. The summed E-state index contributed by atoms with van der Waals surface area (Å²) in [5.74, 6) is 0.960. The van der Waals surface area contributed by atoms with E-state index in [0.29, 0.717) is 43.4 Å². The number of hydrogen-bond donors (Lipinski definition) is 0. The summed E-state index contributed by atoms with van der Waals surface area (Å²) < 4.78 is 35.1.